The van der Waals surface area contributed by atoms with Gasteiger partial charge in [0.05, 0.1) is 12.0 Å². The van der Waals surface area contributed by atoms with E-state index < -0.39 is 0 Å². The zero-order chi connectivity index (χ0) is 16.2. The highest BCUT2D eigenvalue weighted by Crippen LogP contribution is 2.32. The molecule has 0 radical (unpaired) electrons. The first kappa shape index (κ1) is 15.6. The standard InChI is InChI=1S/C18H22N2O3/c1-19-11-12-20(16-10-6-5-9-15(16)17(19)21)18(22)23-13-14-7-3-2-4-8-14/h2-4,7-8,11-12,15-16H,5-6,9-10,13H2,1H3/t15-,16+/m1/s1. The van der Waals surface area contributed by atoms with Gasteiger partial charge in [-0.2, -0.15) is 0 Å². The van der Waals surface area contributed by atoms with Gasteiger partial charge in [0.15, 0.2) is 0 Å². The number of ether oxygens (including phenoxy) is 1. The zero-order valence-corrected chi connectivity index (χ0v) is 13.4. The summed E-state index contributed by atoms with van der Waals surface area (Å²) in [6.07, 6.45) is 6.70. The number of amides is 2. The Bertz CT molecular complexity index is 600. The molecule has 1 aliphatic carbocycles. The lowest BCUT2D eigenvalue weighted by atomic mass is 9.83. The van der Waals surface area contributed by atoms with Crippen molar-refractivity contribution in [2.24, 2.45) is 5.92 Å². The van der Waals surface area contributed by atoms with Crippen molar-refractivity contribution in [3.63, 3.8) is 0 Å². The molecule has 1 saturated carbocycles. The molecular weight excluding hydrogens is 292 g/mol. The van der Waals surface area contributed by atoms with Gasteiger partial charge < -0.3 is 9.64 Å². The lowest BCUT2D eigenvalue weighted by molar-refractivity contribution is -0.133. The molecule has 122 valence electrons. The average molecular weight is 314 g/mol. The minimum Gasteiger partial charge on any atom is -0.444 e. The minimum atomic E-state index is -0.384. The number of fused-ring (bicyclic) bond motifs is 1. The van der Waals surface area contributed by atoms with E-state index in [1.54, 1.807) is 29.2 Å². The molecule has 1 aromatic rings. The van der Waals surface area contributed by atoms with E-state index >= 15 is 0 Å². The molecule has 2 aliphatic rings. The van der Waals surface area contributed by atoms with Crippen molar-refractivity contribution >= 4 is 12.0 Å². The average Bonchev–Trinajstić information content (AvgIpc) is 2.72. The van der Waals surface area contributed by atoms with E-state index in [-0.39, 0.29) is 30.6 Å². The van der Waals surface area contributed by atoms with Gasteiger partial charge in [0, 0.05) is 19.4 Å². The first-order valence-corrected chi connectivity index (χ1v) is 8.11. The van der Waals surface area contributed by atoms with Crippen molar-refractivity contribution in [2.75, 3.05) is 7.05 Å². The van der Waals surface area contributed by atoms with Crippen LogP contribution in [0.3, 0.4) is 0 Å². The van der Waals surface area contributed by atoms with Crippen LogP contribution in [0.15, 0.2) is 42.7 Å². The van der Waals surface area contributed by atoms with Crippen LogP contribution in [0.5, 0.6) is 0 Å². The predicted octanol–water partition coefficient (Wildman–Crippen LogP) is 3.13. The van der Waals surface area contributed by atoms with E-state index in [0.717, 1.165) is 31.2 Å². The normalized spacial score (nSPS) is 24.1. The molecule has 5 heteroatoms. The first-order valence-electron chi connectivity index (χ1n) is 8.11. The topological polar surface area (TPSA) is 49.9 Å². The molecule has 1 heterocycles. The van der Waals surface area contributed by atoms with Gasteiger partial charge in [-0.3, -0.25) is 9.69 Å². The van der Waals surface area contributed by atoms with Gasteiger partial charge in [-0.1, -0.05) is 43.2 Å². The van der Waals surface area contributed by atoms with Crippen LogP contribution in [0.1, 0.15) is 31.2 Å². The summed E-state index contributed by atoms with van der Waals surface area (Å²) in [6, 6.07) is 9.51. The van der Waals surface area contributed by atoms with Gasteiger partial charge in [-0.15, -0.1) is 0 Å². The summed E-state index contributed by atoms with van der Waals surface area (Å²) in [5.41, 5.74) is 0.952. The highest BCUT2D eigenvalue weighted by atomic mass is 16.6. The number of benzene rings is 1. The number of hydrogen-bond acceptors (Lipinski definition) is 3. The second kappa shape index (κ2) is 6.86. The molecule has 5 nitrogen and oxygen atoms in total. The molecule has 1 fully saturated rings. The molecule has 1 aliphatic heterocycles. The van der Waals surface area contributed by atoms with Crippen molar-refractivity contribution in [3.05, 3.63) is 48.3 Å². The van der Waals surface area contributed by atoms with E-state index in [1.807, 2.05) is 30.3 Å². The zero-order valence-electron chi connectivity index (χ0n) is 13.4. The van der Waals surface area contributed by atoms with Gasteiger partial charge in [0.2, 0.25) is 5.91 Å². The summed E-state index contributed by atoms with van der Waals surface area (Å²) in [7, 11) is 1.74. The van der Waals surface area contributed by atoms with Crippen molar-refractivity contribution in [2.45, 2.75) is 38.3 Å². The van der Waals surface area contributed by atoms with Gasteiger partial charge in [0.25, 0.3) is 0 Å². The highest BCUT2D eigenvalue weighted by molar-refractivity contribution is 5.82. The molecule has 23 heavy (non-hydrogen) atoms. The molecule has 0 N–H and O–H groups in total. The third kappa shape index (κ3) is 3.38. The van der Waals surface area contributed by atoms with Crippen LogP contribution in [-0.4, -0.2) is 34.9 Å². The van der Waals surface area contributed by atoms with Crippen molar-refractivity contribution in [3.8, 4) is 0 Å². The fourth-order valence-electron chi connectivity index (χ4n) is 3.34. The third-order valence-electron chi connectivity index (χ3n) is 4.62. The largest absolute Gasteiger partial charge is 0.444 e. The fraction of sp³-hybridized carbons (Fsp3) is 0.444. The van der Waals surface area contributed by atoms with E-state index in [2.05, 4.69) is 0 Å². The summed E-state index contributed by atoms with van der Waals surface area (Å²) in [6.45, 7) is 0.241. The molecule has 0 bridgehead atoms. The SMILES string of the molecule is CN1C=CN(C(=O)OCc2ccccc2)[C@H]2CCCC[C@H]2C1=O. The molecule has 2 atom stereocenters. The molecule has 2 amide bonds. The van der Waals surface area contributed by atoms with Crippen LogP contribution in [0.2, 0.25) is 0 Å². The van der Waals surface area contributed by atoms with E-state index in [4.69, 9.17) is 4.74 Å². The smallest absolute Gasteiger partial charge is 0.414 e. The van der Waals surface area contributed by atoms with Crippen molar-refractivity contribution in [1.29, 1.82) is 0 Å². The monoisotopic (exact) mass is 314 g/mol. The quantitative estimate of drug-likeness (QED) is 0.842. The fourth-order valence-corrected chi connectivity index (χ4v) is 3.34. The summed E-state index contributed by atoms with van der Waals surface area (Å²) in [5, 5.41) is 0. The second-order valence-electron chi connectivity index (χ2n) is 6.15. The Balaban J connectivity index is 1.72. The van der Waals surface area contributed by atoms with Crippen LogP contribution >= 0.6 is 0 Å². The van der Waals surface area contributed by atoms with E-state index in [1.165, 1.54) is 0 Å². The summed E-state index contributed by atoms with van der Waals surface area (Å²) >= 11 is 0. The van der Waals surface area contributed by atoms with E-state index in [9.17, 15) is 9.59 Å². The Morgan fingerprint density at radius 3 is 2.70 bits per heavy atom. The van der Waals surface area contributed by atoms with Crippen LogP contribution in [0, 0.1) is 5.92 Å². The van der Waals surface area contributed by atoms with Crippen LogP contribution in [-0.2, 0) is 16.1 Å². The van der Waals surface area contributed by atoms with Crippen LogP contribution < -0.4 is 0 Å². The second-order valence-corrected chi connectivity index (χ2v) is 6.15. The lowest BCUT2D eigenvalue weighted by Gasteiger charge is -2.35. The summed E-state index contributed by atoms with van der Waals surface area (Å²) in [5.74, 6) is -0.0441. The maximum Gasteiger partial charge on any atom is 0.414 e. The number of carbonyl (C=O) groups is 2. The van der Waals surface area contributed by atoms with Crippen LogP contribution in [0.4, 0.5) is 4.79 Å². The Morgan fingerprint density at radius 2 is 1.91 bits per heavy atom. The lowest BCUT2D eigenvalue weighted by Crippen LogP contribution is -2.46. The Kier molecular flexibility index (Phi) is 4.65. The van der Waals surface area contributed by atoms with E-state index in [0.29, 0.717) is 0 Å². The molecular formula is C18H22N2O3. The molecule has 0 spiro atoms. The maximum atomic E-state index is 12.5. The summed E-state index contributed by atoms with van der Waals surface area (Å²) in [4.78, 5) is 28.1. The maximum absolute atomic E-state index is 12.5. The molecule has 0 unspecified atom stereocenters. The minimum absolute atomic E-state index is 0.0873. The number of rotatable bonds is 2. The molecule has 0 aromatic heterocycles. The molecule has 3 rings (SSSR count). The Morgan fingerprint density at radius 1 is 1.17 bits per heavy atom. The van der Waals surface area contributed by atoms with Crippen molar-refractivity contribution in [1.82, 2.24) is 9.80 Å². The van der Waals surface area contributed by atoms with Gasteiger partial charge >= 0.3 is 6.09 Å². The van der Waals surface area contributed by atoms with Crippen molar-refractivity contribution < 1.29 is 14.3 Å². The number of nitrogens with zero attached hydrogens (tertiary/aromatic N) is 2. The first-order chi connectivity index (χ1) is 11.2. The Labute approximate surface area is 136 Å². The number of carbonyl (C=O) groups excluding carboxylic acids is 2. The van der Waals surface area contributed by atoms with Gasteiger partial charge in [-0.25, -0.2) is 4.79 Å². The third-order valence-corrected chi connectivity index (χ3v) is 4.62. The molecule has 0 saturated heterocycles. The van der Waals surface area contributed by atoms with Gasteiger partial charge in [0.1, 0.15) is 6.61 Å². The molecule has 1 aromatic carbocycles. The predicted molar refractivity (Wildman–Crippen MR) is 86.1 cm³/mol. The number of hydrogen-bond donors (Lipinski definition) is 0. The van der Waals surface area contributed by atoms with Crippen LogP contribution in [0.25, 0.3) is 0 Å². The highest BCUT2D eigenvalue weighted by Gasteiger charge is 2.39. The van der Waals surface area contributed by atoms with Gasteiger partial charge in [-0.05, 0) is 18.4 Å². The summed E-state index contributed by atoms with van der Waals surface area (Å²) < 4.78 is 5.45. The Hall–Kier alpha value is -2.30.